The monoisotopic (exact) mass is 338 g/mol. The van der Waals surface area contributed by atoms with Gasteiger partial charge in [0.25, 0.3) is 0 Å². The molecule has 5 nitrogen and oxygen atoms in total. The number of nitrogens with zero attached hydrogens (tertiary/aromatic N) is 1. The first-order valence-electron chi connectivity index (χ1n) is 8.32. The minimum absolute atomic E-state index is 0.202. The topological polar surface area (TPSA) is 70.4 Å². The van der Waals surface area contributed by atoms with E-state index in [1.165, 1.54) is 11.6 Å². The average Bonchev–Trinajstić information content (AvgIpc) is 2.60. The Morgan fingerprint density at radius 1 is 1.12 bits per heavy atom. The third kappa shape index (κ3) is 6.79. The summed E-state index contributed by atoms with van der Waals surface area (Å²) in [5.74, 6) is -0.202. The van der Waals surface area contributed by atoms with Crippen LogP contribution in [0.4, 0.5) is 11.4 Å². The smallest absolute Gasteiger partial charge is 0.248 e. The van der Waals surface area contributed by atoms with Gasteiger partial charge in [0.05, 0.1) is 11.4 Å². The number of nitrogens with one attached hydrogen (secondary N) is 2. The molecule has 0 bridgehead atoms. The van der Waals surface area contributed by atoms with Gasteiger partial charge in [0.2, 0.25) is 5.91 Å². The molecule has 0 aromatic heterocycles. The van der Waals surface area contributed by atoms with Gasteiger partial charge in [-0.2, -0.15) is 0 Å². The molecule has 0 atom stereocenters. The predicted molar refractivity (Wildman–Crippen MR) is 105 cm³/mol. The quantitative estimate of drug-likeness (QED) is 0.393. The predicted octanol–water partition coefficient (Wildman–Crippen LogP) is 2.57. The number of anilines is 2. The summed E-state index contributed by atoms with van der Waals surface area (Å²) in [4.78, 5) is 14.1. The largest absolute Gasteiger partial charge is 0.397 e. The lowest BCUT2D eigenvalue weighted by Crippen LogP contribution is -2.26. The van der Waals surface area contributed by atoms with Crippen molar-refractivity contribution < 1.29 is 4.79 Å². The zero-order valence-corrected chi connectivity index (χ0v) is 14.8. The highest BCUT2D eigenvalue weighted by Gasteiger charge is 2.01. The SMILES string of the molecule is CN(C)CCNCc1ccc(/C=C/C(=O)Nc2ccccc2N)cc1. The van der Waals surface area contributed by atoms with E-state index in [9.17, 15) is 4.79 Å². The maximum absolute atomic E-state index is 12.0. The Morgan fingerprint density at radius 2 is 1.84 bits per heavy atom. The molecular formula is C20H26N4O. The van der Waals surface area contributed by atoms with Crippen molar-refractivity contribution >= 4 is 23.4 Å². The van der Waals surface area contributed by atoms with Gasteiger partial charge in [-0.05, 0) is 43.4 Å². The van der Waals surface area contributed by atoms with E-state index >= 15 is 0 Å². The molecule has 0 unspecified atom stereocenters. The third-order valence-electron chi connectivity index (χ3n) is 3.69. The molecule has 2 aromatic rings. The Balaban J connectivity index is 1.82. The molecule has 25 heavy (non-hydrogen) atoms. The lowest BCUT2D eigenvalue weighted by molar-refractivity contribution is -0.111. The summed E-state index contributed by atoms with van der Waals surface area (Å²) in [6.07, 6.45) is 3.30. The standard InChI is InChI=1S/C20H26N4O/c1-24(2)14-13-22-15-17-9-7-16(8-10-17)11-12-20(25)23-19-6-4-3-5-18(19)21/h3-12,22H,13-15,21H2,1-2H3,(H,23,25)/b12-11+. The van der Waals surface area contributed by atoms with Crippen molar-refractivity contribution in [2.75, 3.05) is 38.2 Å². The first-order valence-corrected chi connectivity index (χ1v) is 8.32. The minimum Gasteiger partial charge on any atom is -0.397 e. The Morgan fingerprint density at radius 3 is 2.52 bits per heavy atom. The van der Waals surface area contributed by atoms with Gasteiger partial charge in [-0.15, -0.1) is 0 Å². The highest BCUT2D eigenvalue weighted by molar-refractivity contribution is 6.03. The van der Waals surface area contributed by atoms with E-state index < -0.39 is 0 Å². The average molecular weight is 338 g/mol. The molecule has 132 valence electrons. The molecule has 0 radical (unpaired) electrons. The number of carbonyl (C=O) groups excluding carboxylic acids is 1. The Labute approximate surface area is 149 Å². The van der Waals surface area contributed by atoms with Crippen LogP contribution in [0.1, 0.15) is 11.1 Å². The number of amides is 1. The summed E-state index contributed by atoms with van der Waals surface area (Å²) in [6.45, 7) is 2.81. The summed E-state index contributed by atoms with van der Waals surface area (Å²) in [5, 5.41) is 6.17. The van der Waals surface area contributed by atoms with Crippen LogP contribution in [0.25, 0.3) is 6.08 Å². The van der Waals surface area contributed by atoms with Crippen LogP contribution in [-0.4, -0.2) is 38.0 Å². The minimum atomic E-state index is -0.202. The molecule has 0 heterocycles. The number of nitrogens with two attached hydrogens (primary N) is 1. The molecule has 0 saturated heterocycles. The summed E-state index contributed by atoms with van der Waals surface area (Å²) >= 11 is 0. The van der Waals surface area contributed by atoms with Crippen LogP contribution in [0.15, 0.2) is 54.6 Å². The van der Waals surface area contributed by atoms with Crippen molar-refractivity contribution in [3.05, 3.63) is 65.7 Å². The summed E-state index contributed by atoms with van der Waals surface area (Å²) in [7, 11) is 4.12. The number of carbonyl (C=O) groups is 1. The Kier molecular flexibility index (Phi) is 7.19. The van der Waals surface area contributed by atoms with Gasteiger partial charge in [0.15, 0.2) is 0 Å². The Bertz CT molecular complexity index is 708. The molecule has 0 spiro atoms. The van der Waals surface area contributed by atoms with E-state index in [2.05, 4.69) is 41.8 Å². The van der Waals surface area contributed by atoms with Crippen LogP contribution in [-0.2, 0) is 11.3 Å². The zero-order valence-electron chi connectivity index (χ0n) is 14.8. The van der Waals surface area contributed by atoms with Crippen molar-refractivity contribution in [2.24, 2.45) is 0 Å². The van der Waals surface area contributed by atoms with Gasteiger partial charge in [0.1, 0.15) is 0 Å². The van der Waals surface area contributed by atoms with Crippen LogP contribution in [0, 0.1) is 0 Å². The highest BCUT2D eigenvalue weighted by atomic mass is 16.1. The second-order valence-corrected chi connectivity index (χ2v) is 6.13. The normalized spacial score (nSPS) is 11.2. The van der Waals surface area contributed by atoms with Gasteiger partial charge in [-0.3, -0.25) is 4.79 Å². The molecule has 0 aliphatic carbocycles. The number of benzene rings is 2. The van der Waals surface area contributed by atoms with Crippen LogP contribution in [0.5, 0.6) is 0 Å². The van der Waals surface area contributed by atoms with E-state index in [1.54, 1.807) is 18.2 Å². The van der Waals surface area contributed by atoms with Gasteiger partial charge in [0, 0.05) is 25.7 Å². The maximum Gasteiger partial charge on any atom is 0.248 e. The first kappa shape index (κ1) is 18.7. The molecule has 5 heteroatoms. The third-order valence-corrected chi connectivity index (χ3v) is 3.69. The van der Waals surface area contributed by atoms with Crippen molar-refractivity contribution in [1.82, 2.24) is 10.2 Å². The number of nitrogen functional groups attached to an aromatic ring is 1. The van der Waals surface area contributed by atoms with Gasteiger partial charge in [-0.25, -0.2) is 0 Å². The van der Waals surface area contributed by atoms with Crippen LogP contribution < -0.4 is 16.4 Å². The van der Waals surface area contributed by atoms with E-state index in [0.29, 0.717) is 11.4 Å². The summed E-state index contributed by atoms with van der Waals surface area (Å²) < 4.78 is 0. The van der Waals surface area contributed by atoms with Crippen LogP contribution in [0.2, 0.25) is 0 Å². The fraction of sp³-hybridized carbons (Fsp3) is 0.250. The number of hydrogen-bond donors (Lipinski definition) is 3. The molecule has 0 aliphatic heterocycles. The summed E-state index contributed by atoms with van der Waals surface area (Å²) in [6, 6.07) is 15.3. The molecule has 0 aliphatic rings. The Hall–Kier alpha value is -2.63. The van der Waals surface area contributed by atoms with Gasteiger partial charge >= 0.3 is 0 Å². The number of hydrogen-bond acceptors (Lipinski definition) is 4. The lowest BCUT2D eigenvalue weighted by atomic mass is 10.1. The molecule has 2 aromatic carbocycles. The van der Waals surface area contributed by atoms with Crippen LogP contribution in [0.3, 0.4) is 0 Å². The molecule has 0 saturated carbocycles. The van der Waals surface area contributed by atoms with E-state index in [-0.39, 0.29) is 5.91 Å². The van der Waals surface area contributed by atoms with E-state index in [0.717, 1.165) is 25.2 Å². The molecule has 1 amide bonds. The van der Waals surface area contributed by atoms with Crippen LogP contribution >= 0.6 is 0 Å². The molecule has 0 fully saturated rings. The van der Waals surface area contributed by atoms with E-state index in [1.807, 2.05) is 24.3 Å². The maximum atomic E-state index is 12.0. The number of para-hydroxylation sites is 2. The first-order chi connectivity index (χ1) is 12.0. The fourth-order valence-electron chi connectivity index (χ4n) is 2.24. The second kappa shape index (κ2) is 9.61. The number of rotatable bonds is 8. The van der Waals surface area contributed by atoms with Crippen molar-refractivity contribution in [3.8, 4) is 0 Å². The fourth-order valence-corrected chi connectivity index (χ4v) is 2.24. The van der Waals surface area contributed by atoms with Crippen molar-refractivity contribution in [1.29, 1.82) is 0 Å². The molecular weight excluding hydrogens is 312 g/mol. The van der Waals surface area contributed by atoms with Gasteiger partial charge in [-0.1, -0.05) is 36.4 Å². The second-order valence-electron chi connectivity index (χ2n) is 6.13. The number of likely N-dealkylation sites (N-methyl/N-ethyl adjacent to an activating group) is 1. The highest BCUT2D eigenvalue weighted by Crippen LogP contribution is 2.16. The lowest BCUT2D eigenvalue weighted by Gasteiger charge is -2.10. The van der Waals surface area contributed by atoms with Crippen molar-refractivity contribution in [3.63, 3.8) is 0 Å². The molecule has 2 rings (SSSR count). The van der Waals surface area contributed by atoms with Crippen molar-refractivity contribution in [2.45, 2.75) is 6.54 Å². The zero-order chi connectivity index (χ0) is 18.1. The molecule has 4 N–H and O–H groups in total. The van der Waals surface area contributed by atoms with E-state index in [4.69, 9.17) is 5.73 Å². The van der Waals surface area contributed by atoms with Gasteiger partial charge < -0.3 is 21.3 Å². The summed E-state index contributed by atoms with van der Waals surface area (Å²) in [5.41, 5.74) is 9.18.